The molecule has 0 aromatic carbocycles. The van der Waals surface area contributed by atoms with Gasteiger partial charge in [0, 0.05) is 5.92 Å². The standard InChI is InChI=1S/C10H9F2NO7S/c11-10(12,21(16,17)18)9(15)20-7-4-1-5(3-13)8(7)19-6(14)2-4/h4-5,7-8H,1-2H2,(H,16,17,18). The number of nitriles is 1. The molecular weight excluding hydrogens is 316 g/mol. The maximum Gasteiger partial charge on any atom is 0.465 e. The van der Waals surface area contributed by atoms with Crippen LogP contribution in [0.15, 0.2) is 0 Å². The fourth-order valence-electron chi connectivity index (χ4n) is 2.44. The van der Waals surface area contributed by atoms with E-state index in [4.69, 9.17) is 14.6 Å². The molecule has 4 atom stereocenters. The zero-order valence-corrected chi connectivity index (χ0v) is 11.0. The van der Waals surface area contributed by atoms with Gasteiger partial charge in [0.1, 0.15) is 6.10 Å². The number of fused-ring (bicyclic) bond motifs is 2. The Morgan fingerprint density at radius 1 is 1.52 bits per heavy atom. The van der Waals surface area contributed by atoms with Crippen molar-refractivity contribution < 1.29 is 40.8 Å². The third kappa shape index (κ3) is 2.56. The number of nitrogens with zero attached hydrogens (tertiary/aromatic N) is 1. The molecule has 0 radical (unpaired) electrons. The number of ether oxygens (including phenoxy) is 2. The lowest BCUT2D eigenvalue weighted by atomic mass is 9.99. The van der Waals surface area contributed by atoms with Gasteiger partial charge in [-0.2, -0.15) is 22.5 Å². The summed E-state index contributed by atoms with van der Waals surface area (Å²) in [6.45, 7) is 0. The lowest BCUT2D eigenvalue weighted by Gasteiger charge is -2.30. The van der Waals surface area contributed by atoms with Gasteiger partial charge in [0.25, 0.3) is 0 Å². The lowest BCUT2D eigenvalue weighted by molar-refractivity contribution is -0.188. The van der Waals surface area contributed by atoms with E-state index < -0.39 is 51.4 Å². The van der Waals surface area contributed by atoms with Crippen LogP contribution in [-0.4, -0.2) is 42.4 Å². The van der Waals surface area contributed by atoms with Crippen LogP contribution in [0.1, 0.15) is 12.8 Å². The zero-order chi connectivity index (χ0) is 16.0. The lowest BCUT2D eigenvalue weighted by Crippen LogP contribution is -2.47. The second kappa shape index (κ2) is 4.88. The molecule has 8 nitrogen and oxygen atoms in total. The van der Waals surface area contributed by atoms with Gasteiger partial charge < -0.3 is 9.47 Å². The van der Waals surface area contributed by atoms with Gasteiger partial charge in [-0.15, -0.1) is 0 Å². The Bertz CT molecular complexity index is 626. The molecule has 0 aromatic heterocycles. The largest absolute Gasteiger partial charge is 0.465 e. The summed E-state index contributed by atoms with van der Waals surface area (Å²) in [5.74, 6) is -4.67. The van der Waals surface area contributed by atoms with E-state index in [0.29, 0.717) is 0 Å². The number of carbonyl (C=O) groups is 2. The van der Waals surface area contributed by atoms with E-state index in [9.17, 15) is 26.8 Å². The average Bonchev–Trinajstić information content (AvgIpc) is 2.56. The van der Waals surface area contributed by atoms with Crippen molar-refractivity contribution in [3.8, 4) is 6.07 Å². The van der Waals surface area contributed by atoms with Gasteiger partial charge in [-0.1, -0.05) is 0 Å². The summed E-state index contributed by atoms with van der Waals surface area (Å²) in [6, 6.07) is 1.80. The van der Waals surface area contributed by atoms with Crippen LogP contribution in [0, 0.1) is 23.2 Å². The molecule has 11 heteroatoms. The van der Waals surface area contributed by atoms with Crippen LogP contribution >= 0.6 is 0 Å². The fourth-order valence-corrected chi connectivity index (χ4v) is 2.70. The van der Waals surface area contributed by atoms with Gasteiger partial charge >= 0.3 is 27.3 Å². The van der Waals surface area contributed by atoms with E-state index in [2.05, 4.69) is 4.74 Å². The first kappa shape index (κ1) is 15.6. The van der Waals surface area contributed by atoms with Crippen molar-refractivity contribution in [1.29, 1.82) is 5.26 Å². The number of rotatable bonds is 3. The molecular formula is C10H9F2NO7S. The second-order valence-corrected chi connectivity index (χ2v) is 6.21. The van der Waals surface area contributed by atoms with Crippen molar-refractivity contribution >= 4 is 22.1 Å². The quantitative estimate of drug-likeness (QED) is 0.560. The smallest absolute Gasteiger partial charge is 0.457 e. The van der Waals surface area contributed by atoms with Crippen molar-refractivity contribution in [1.82, 2.24) is 0 Å². The van der Waals surface area contributed by atoms with E-state index in [0.717, 1.165) is 0 Å². The number of esters is 2. The number of carbonyl (C=O) groups excluding carboxylic acids is 2. The van der Waals surface area contributed by atoms with Crippen LogP contribution in [0.5, 0.6) is 0 Å². The summed E-state index contributed by atoms with van der Waals surface area (Å²) < 4.78 is 64.7. The highest BCUT2D eigenvalue weighted by atomic mass is 32.2. The molecule has 4 unspecified atom stereocenters. The summed E-state index contributed by atoms with van der Waals surface area (Å²) >= 11 is 0. The molecule has 0 aromatic rings. The van der Waals surface area contributed by atoms with Crippen molar-refractivity contribution in [2.75, 3.05) is 0 Å². The van der Waals surface area contributed by atoms with Gasteiger partial charge in [0.15, 0.2) is 6.10 Å². The third-order valence-electron chi connectivity index (χ3n) is 3.41. The predicted octanol–water partition coefficient (Wildman–Crippen LogP) is -0.146. The van der Waals surface area contributed by atoms with Crippen molar-refractivity contribution in [2.45, 2.75) is 30.3 Å². The van der Waals surface area contributed by atoms with Crippen LogP contribution in [0.3, 0.4) is 0 Å². The third-order valence-corrected chi connectivity index (χ3v) is 4.22. The van der Waals surface area contributed by atoms with E-state index in [1.54, 1.807) is 6.07 Å². The van der Waals surface area contributed by atoms with E-state index >= 15 is 0 Å². The number of alkyl halides is 2. The van der Waals surface area contributed by atoms with E-state index in [1.165, 1.54) is 0 Å². The molecule has 1 N–H and O–H groups in total. The Kier molecular flexibility index (Phi) is 3.63. The average molecular weight is 325 g/mol. The van der Waals surface area contributed by atoms with Crippen LogP contribution in [0.25, 0.3) is 0 Å². The normalized spacial score (nSPS) is 32.2. The molecule has 2 bridgehead atoms. The Hall–Kier alpha value is -1.80. The van der Waals surface area contributed by atoms with Crippen molar-refractivity contribution in [3.63, 3.8) is 0 Å². The first-order valence-electron chi connectivity index (χ1n) is 5.73. The maximum atomic E-state index is 13.1. The number of hydrogen-bond donors (Lipinski definition) is 1. The molecule has 1 aliphatic carbocycles. The summed E-state index contributed by atoms with van der Waals surface area (Å²) in [5, 5.41) is 3.75. The molecule has 1 heterocycles. The van der Waals surface area contributed by atoms with Gasteiger partial charge in [0.05, 0.1) is 18.4 Å². The Balaban J connectivity index is 2.19. The van der Waals surface area contributed by atoms with E-state index in [-0.39, 0.29) is 12.8 Å². The molecule has 1 aliphatic heterocycles. The molecule has 21 heavy (non-hydrogen) atoms. The molecule has 1 saturated heterocycles. The van der Waals surface area contributed by atoms with Gasteiger partial charge in [-0.05, 0) is 6.42 Å². The second-order valence-electron chi connectivity index (χ2n) is 4.75. The highest BCUT2D eigenvalue weighted by molar-refractivity contribution is 7.87. The highest BCUT2D eigenvalue weighted by Crippen LogP contribution is 2.42. The Morgan fingerprint density at radius 3 is 2.67 bits per heavy atom. The number of hydrogen-bond acceptors (Lipinski definition) is 7. The van der Waals surface area contributed by atoms with Gasteiger partial charge in [-0.3, -0.25) is 9.35 Å². The van der Waals surface area contributed by atoms with Crippen LogP contribution in [-0.2, 0) is 29.2 Å². The zero-order valence-electron chi connectivity index (χ0n) is 10.2. The molecule has 1 saturated carbocycles. The van der Waals surface area contributed by atoms with Gasteiger partial charge in [0.2, 0.25) is 0 Å². The van der Waals surface area contributed by atoms with Gasteiger partial charge in [-0.25, -0.2) is 4.79 Å². The Labute approximate surface area is 117 Å². The number of halogens is 2. The molecule has 0 amide bonds. The minimum absolute atomic E-state index is 0.0995. The maximum absolute atomic E-state index is 13.1. The topological polar surface area (TPSA) is 131 Å². The van der Waals surface area contributed by atoms with E-state index in [1.807, 2.05) is 0 Å². The molecule has 0 spiro atoms. The summed E-state index contributed by atoms with van der Waals surface area (Å²) in [4.78, 5) is 22.5. The van der Waals surface area contributed by atoms with Crippen molar-refractivity contribution in [2.24, 2.45) is 11.8 Å². The fraction of sp³-hybridized carbons (Fsp3) is 0.700. The van der Waals surface area contributed by atoms with Crippen molar-refractivity contribution in [3.05, 3.63) is 0 Å². The molecule has 116 valence electrons. The predicted molar refractivity (Wildman–Crippen MR) is 58.1 cm³/mol. The monoisotopic (exact) mass is 325 g/mol. The SMILES string of the molecule is N#CC1CC2CC(=O)OC1C2OC(=O)C(F)(F)S(=O)(=O)O. The molecule has 2 aliphatic rings. The summed E-state index contributed by atoms with van der Waals surface area (Å²) in [5.41, 5.74) is 0. The highest BCUT2D eigenvalue weighted by Gasteiger charge is 2.59. The first-order chi connectivity index (χ1) is 9.57. The summed E-state index contributed by atoms with van der Waals surface area (Å²) in [6.07, 6.45) is -2.69. The minimum atomic E-state index is -5.98. The Morgan fingerprint density at radius 2 is 2.14 bits per heavy atom. The first-order valence-corrected chi connectivity index (χ1v) is 7.17. The molecule has 2 fully saturated rings. The minimum Gasteiger partial charge on any atom is -0.457 e. The van der Waals surface area contributed by atoms with Crippen LogP contribution in [0.2, 0.25) is 0 Å². The van der Waals surface area contributed by atoms with Crippen LogP contribution < -0.4 is 0 Å². The summed E-state index contributed by atoms with van der Waals surface area (Å²) in [7, 11) is -5.98. The van der Waals surface area contributed by atoms with Crippen LogP contribution in [0.4, 0.5) is 8.78 Å². The molecule has 2 rings (SSSR count).